The summed E-state index contributed by atoms with van der Waals surface area (Å²) in [7, 11) is 9.90. The van der Waals surface area contributed by atoms with Crippen molar-refractivity contribution >= 4 is 7.85 Å². The van der Waals surface area contributed by atoms with Crippen LogP contribution in [0.1, 0.15) is 26.7 Å². The van der Waals surface area contributed by atoms with E-state index in [0.717, 1.165) is 6.42 Å². The summed E-state index contributed by atoms with van der Waals surface area (Å²) in [6.45, 7) is 4.26. The third-order valence-electron chi connectivity index (χ3n) is 1.85. The molecule has 2 heteroatoms. The Bertz CT molecular complexity index is 81.3. The van der Waals surface area contributed by atoms with E-state index in [4.69, 9.17) is 7.85 Å². The molecule has 0 aliphatic heterocycles. The van der Waals surface area contributed by atoms with Crippen LogP contribution in [-0.4, -0.2) is 32.9 Å². The lowest BCUT2D eigenvalue weighted by Gasteiger charge is -2.24. The van der Waals surface area contributed by atoms with Gasteiger partial charge in [-0.25, -0.2) is 0 Å². The van der Waals surface area contributed by atoms with E-state index in [1.807, 2.05) is 0 Å². The van der Waals surface area contributed by atoms with E-state index in [-0.39, 0.29) is 0 Å². The molecule has 0 aromatic heterocycles. The Morgan fingerprint density at radius 2 is 1.90 bits per heavy atom. The van der Waals surface area contributed by atoms with E-state index < -0.39 is 0 Å². The molecule has 0 saturated carbocycles. The monoisotopic (exact) mass is 139 g/mol. The van der Waals surface area contributed by atoms with Crippen LogP contribution < -0.4 is 0 Å². The van der Waals surface area contributed by atoms with Crippen molar-refractivity contribution in [3.63, 3.8) is 0 Å². The second-order valence-corrected chi connectivity index (χ2v) is 3.24. The van der Waals surface area contributed by atoms with Gasteiger partial charge in [0.05, 0.1) is 7.85 Å². The first kappa shape index (κ1) is 10.0. The van der Waals surface area contributed by atoms with Gasteiger partial charge < -0.3 is 4.90 Å². The van der Waals surface area contributed by atoms with Crippen molar-refractivity contribution in [2.75, 3.05) is 14.1 Å². The number of nitrogens with zero attached hydrogens (tertiary/aromatic N) is 1. The molecule has 0 aliphatic carbocycles. The smallest absolute Gasteiger partial charge is 0.0696 e. The second-order valence-electron chi connectivity index (χ2n) is 3.24. The van der Waals surface area contributed by atoms with Crippen molar-refractivity contribution in [3.8, 4) is 0 Å². The molecule has 0 N–H and O–H groups in total. The van der Waals surface area contributed by atoms with Crippen LogP contribution >= 0.6 is 0 Å². The van der Waals surface area contributed by atoms with E-state index in [1.54, 1.807) is 0 Å². The zero-order valence-electron chi connectivity index (χ0n) is 7.59. The lowest BCUT2D eigenvalue weighted by atomic mass is 9.83. The molecule has 0 aromatic rings. The molecule has 2 radical (unpaired) electrons. The van der Waals surface area contributed by atoms with E-state index in [9.17, 15) is 0 Å². The lowest BCUT2D eigenvalue weighted by molar-refractivity contribution is 0.270. The van der Waals surface area contributed by atoms with Gasteiger partial charge in [0.2, 0.25) is 0 Å². The first-order valence-corrected chi connectivity index (χ1v) is 4.00. The minimum absolute atomic E-state index is 0.326. The summed E-state index contributed by atoms with van der Waals surface area (Å²) in [6.07, 6.45) is 2.29. The molecule has 1 nitrogen and oxygen atoms in total. The fourth-order valence-electron chi connectivity index (χ4n) is 1.17. The molecular weight excluding hydrogens is 121 g/mol. The molecule has 0 aromatic carbocycles. The van der Waals surface area contributed by atoms with E-state index in [2.05, 4.69) is 32.8 Å². The van der Waals surface area contributed by atoms with Crippen molar-refractivity contribution in [1.29, 1.82) is 0 Å². The third-order valence-corrected chi connectivity index (χ3v) is 1.85. The fourth-order valence-corrected chi connectivity index (χ4v) is 1.17. The molecule has 2 atom stereocenters. The molecule has 0 bridgehead atoms. The van der Waals surface area contributed by atoms with Crippen molar-refractivity contribution in [3.05, 3.63) is 0 Å². The van der Waals surface area contributed by atoms with Crippen LogP contribution in [0.5, 0.6) is 0 Å². The van der Waals surface area contributed by atoms with Crippen molar-refractivity contribution < 1.29 is 0 Å². The fraction of sp³-hybridized carbons (Fsp3) is 1.00. The van der Waals surface area contributed by atoms with Gasteiger partial charge in [-0.15, -0.1) is 0 Å². The molecule has 0 amide bonds. The Morgan fingerprint density at radius 1 is 1.40 bits per heavy atom. The lowest BCUT2D eigenvalue weighted by Crippen LogP contribution is -2.27. The van der Waals surface area contributed by atoms with Gasteiger partial charge in [0.25, 0.3) is 0 Å². The molecule has 0 rings (SSSR count). The Labute approximate surface area is 66.2 Å². The number of hydrogen-bond donors (Lipinski definition) is 0. The summed E-state index contributed by atoms with van der Waals surface area (Å²) in [4.78, 5) is 2.24. The average Bonchev–Trinajstić information content (AvgIpc) is 1.81. The highest BCUT2D eigenvalue weighted by molar-refractivity contribution is 6.11. The summed E-state index contributed by atoms with van der Waals surface area (Å²) < 4.78 is 0. The minimum atomic E-state index is 0.326. The summed E-state index contributed by atoms with van der Waals surface area (Å²) in [5.74, 6) is 0.326. The molecule has 10 heavy (non-hydrogen) atoms. The van der Waals surface area contributed by atoms with Gasteiger partial charge in [-0.05, 0) is 26.9 Å². The first-order valence-electron chi connectivity index (χ1n) is 4.00. The largest absolute Gasteiger partial charge is 0.306 e. The van der Waals surface area contributed by atoms with Gasteiger partial charge in [0.15, 0.2) is 0 Å². The maximum absolute atomic E-state index is 5.68. The molecule has 58 valence electrons. The summed E-state index contributed by atoms with van der Waals surface area (Å²) >= 11 is 0. The highest BCUT2D eigenvalue weighted by atomic mass is 15.1. The molecule has 0 saturated heterocycles. The van der Waals surface area contributed by atoms with Gasteiger partial charge in [-0.3, -0.25) is 0 Å². The summed E-state index contributed by atoms with van der Waals surface area (Å²) in [5, 5.41) is 0. The average molecular weight is 139 g/mol. The maximum atomic E-state index is 5.68. The zero-order valence-corrected chi connectivity index (χ0v) is 7.59. The Hall–Kier alpha value is 0.0249. The standard InChI is InChI=1S/C8H18BN/c1-5-8(10(3)4)6-7(2)9/h7-8H,5-6H2,1-4H3. The van der Waals surface area contributed by atoms with Gasteiger partial charge in [-0.1, -0.05) is 19.7 Å². The Balaban J connectivity index is 3.60. The van der Waals surface area contributed by atoms with Crippen LogP contribution in [0.25, 0.3) is 0 Å². The molecule has 0 spiro atoms. The van der Waals surface area contributed by atoms with Gasteiger partial charge in [-0.2, -0.15) is 0 Å². The van der Waals surface area contributed by atoms with Crippen LogP contribution in [0.2, 0.25) is 5.82 Å². The summed E-state index contributed by atoms with van der Waals surface area (Å²) in [6, 6.07) is 0.653. The highest BCUT2D eigenvalue weighted by Crippen LogP contribution is 2.13. The van der Waals surface area contributed by atoms with Crippen molar-refractivity contribution in [2.24, 2.45) is 0 Å². The first-order chi connectivity index (χ1) is 4.57. The van der Waals surface area contributed by atoms with Gasteiger partial charge >= 0.3 is 0 Å². The minimum Gasteiger partial charge on any atom is -0.306 e. The molecule has 0 fully saturated rings. The van der Waals surface area contributed by atoms with Crippen LogP contribution in [0, 0.1) is 0 Å². The highest BCUT2D eigenvalue weighted by Gasteiger charge is 2.09. The normalized spacial score (nSPS) is 17.3. The molecular formula is C8H18BN. The maximum Gasteiger partial charge on any atom is 0.0696 e. The Morgan fingerprint density at radius 3 is 2.00 bits per heavy atom. The van der Waals surface area contributed by atoms with E-state index in [0.29, 0.717) is 11.9 Å². The quantitative estimate of drug-likeness (QED) is 0.535. The topological polar surface area (TPSA) is 3.24 Å². The SMILES string of the molecule is [B]C(C)CC(CC)N(C)C. The Kier molecular flexibility index (Phi) is 4.79. The van der Waals surface area contributed by atoms with Crippen LogP contribution in [0.15, 0.2) is 0 Å². The van der Waals surface area contributed by atoms with Gasteiger partial charge in [0, 0.05) is 6.04 Å². The van der Waals surface area contributed by atoms with Crippen LogP contribution in [-0.2, 0) is 0 Å². The molecule has 2 unspecified atom stereocenters. The van der Waals surface area contributed by atoms with E-state index in [1.165, 1.54) is 6.42 Å². The van der Waals surface area contributed by atoms with Crippen molar-refractivity contribution in [1.82, 2.24) is 4.90 Å². The molecule has 0 aliphatic rings. The van der Waals surface area contributed by atoms with Crippen LogP contribution in [0.3, 0.4) is 0 Å². The number of hydrogen-bond acceptors (Lipinski definition) is 1. The predicted molar refractivity (Wildman–Crippen MR) is 47.6 cm³/mol. The van der Waals surface area contributed by atoms with E-state index >= 15 is 0 Å². The molecule has 0 heterocycles. The predicted octanol–water partition coefficient (Wildman–Crippen LogP) is 1.69. The van der Waals surface area contributed by atoms with Crippen LogP contribution in [0.4, 0.5) is 0 Å². The van der Waals surface area contributed by atoms with Gasteiger partial charge in [0.1, 0.15) is 0 Å². The summed E-state index contributed by atoms with van der Waals surface area (Å²) in [5.41, 5.74) is 0. The second kappa shape index (κ2) is 4.78. The number of rotatable bonds is 4. The van der Waals surface area contributed by atoms with Crippen molar-refractivity contribution in [2.45, 2.75) is 38.5 Å². The third kappa shape index (κ3) is 3.94. The zero-order chi connectivity index (χ0) is 8.15.